The van der Waals surface area contributed by atoms with Gasteiger partial charge < -0.3 is 46.9 Å². The van der Waals surface area contributed by atoms with Gasteiger partial charge in [0.05, 0.1) is 17.9 Å². The molecule has 4 aromatic heterocycles. The van der Waals surface area contributed by atoms with Crippen LogP contribution in [-0.2, 0) is 54.8 Å². The molecule has 0 bridgehead atoms. The molecule has 0 radical (unpaired) electrons. The van der Waals surface area contributed by atoms with E-state index in [-0.39, 0.29) is 56.2 Å². The number of aromatic nitrogens is 6. The van der Waals surface area contributed by atoms with Gasteiger partial charge in [-0.3, -0.25) is 33.9 Å². The monoisotopic (exact) mass is 1030 g/mol. The summed E-state index contributed by atoms with van der Waals surface area (Å²) in [7, 11) is 0. The van der Waals surface area contributed by atoms with Crippen LogP contribution in [0.4, 0.5) is 21.0 Å². The molecule has 0 saturated heterocycles. The zero-order valence-electron chi connectivity index (χ0n) is 42.6. The molecule has 8 rings (SSSR count). The van der Waals surface area contributed by atoms with Crippen LogP contribution in [0.5, 0.6) is 0 Å². The molecule has 6 aromatic rings. The molecule has 22 nitrogen and oxygen atoms in total. The predicted octanol–water partition coefficient (Wildman–Crippen LogP) is 5.29. The average Bonchev–Trinajstić information content (AvgIpc) is 4.18. The number of fused-ring (bicyclic) bond motifs is 2. The van der Waals surface area contributed by atoms with E-state index in [9.17, 15) is 33.6 Å². The van der Waals surface area contributed by atoms with E-state index >= 15 is 0 Å². The van der Waals surface area contributed by atoms with Gasteiger partial charge in [-0.05, 0) is 110 Å². The number of nitrogens with one attached hydrogen (secondary N) is 6. The number of primary amides is 1. The van der Waals surface area contributed by atoms with Gasteiger partial charge in [0, 0.05) is 73.6 Å². The van der Waals surface area contributed by atoms with Crippen molar-refractivity contribution in [3.63, 3.8) is 0 Å². The number of nitrogens with zero attached hydrogens (tertiary/aromatic N) is 7. The van der Waals surface area contributed by atoms with E-state index in [1.807, 2.05) is 55.6 Å². The van der Waals surface area contributed by atoms with Crippen molar-refractivity contribution in [1.29, 1.82) is 0 Å². The van der Waals surface area contributed by atoms with Crippen molar-refractivity contribution in [2.24, 2.45) is 11.7 Å². The predicted molar refractivity (Wildman–Crippen MR) is 282 cm³/mol. The van der Waals surface area contributed by atoms with Crippen molar-refractivity contribution >= 4 is 58.7 Å². The molecule has 2 aromatic carbocycles. The summed E-state index contributed by atoms with van der Waals surface area (Å²) in [5.74, 6) is -1.75. The Kier molecular flexibility index (Phi) is 17.4. The van der Waals surface area contributed by atoms with E-state index in [0.29, 0.717) is 74.5 Å². The van der Waals surface area contributed by atoms with Gasteiger partial charge in [-0.2, -0.15) is 5.10 Å². The normalized spacial score (nSPS) is 13.8. The number of carbonyl (C=O) groups is 7. The lowest BCUT2D eigenvalue weighted by atomic mass is 9.99. The van der Waals surface area contributed by atoms with Crippen LogP contribution >= 0.6 is 0 Å². The lowest BCUT2D eigenvalue weighted by Crippen LogP contribution is -2.54. The molecule has 76 heavy (non-hydrogen) atoms. The fourth-order valence-electron chi connectivity index (χ4n) is 8.91. The summed E-state index contributed by atoms with van der Waals surface area (Å²) < 4.78 is 7.46. The molecular weight excluding hydrogens is 973 g/mol. The lowest BCUT2D eigenvalue weighted by molar-refractivity contribution is -0.137. The Balaban J connectivity index is 0.818. The minimum atomic E-state index is -1.04. The van der Waals surface area contributed by atoms with Crippen molar-refractivity contribution in [2.75, 3.05) is 30.3 Å². The van der Waals surface area contributed by atoms with Crippen LogP contribution < -0.4 is 32.3 Å². The van der Waals surface area contributed by atoms with Gasteiger partial charge in [0.15, 0.2) is 5.65 Å². The molecular formula is C54H62N14O8. The van der Waals surface area contributed by atoms with Crippen LogP contribution in [0.2, 0.25) is 0 Å². The minimum Gasteiger partial charge on any atom is -0.445 e. The number of pyridine rings is 2. The van der Waals surface area contributed by atoms with Gasteiger partial charge in [0.1, 0.15) is 36.5 Å². The number of aromatic amines is 1. The smallest absolute Gasteiger partial charge is 0.410 e. The highest BCUT2D eigenvalue weighted by Crippen LogP contribution is 2.30. The average molecular weight is 1040 g/mol. The number of imide groups is 1. The highest BCUT2D eigenvalue weighted by Gasteiger charge is 2.30. The summed E-state index contributed by atoms with van der Waals surface area (Å²) in [4.78, 5) is 109. The zero-order valence-corrected chi connectivity index (χ0v) is 42.6. The summed E-state index contributed by atoms with van der Waals surface area (Å²) in [6, 6.07) is 19.9. The molecule has 396 valence electrons. The molecule has 0 saturated carbocycles. The highest BCUT2D eigenvalue weighted by atomic mass is 16.6. The van der Waals surface area contributed by atoms with Gasteiger partial charge in [0.25, 0.3) is 11.8 Å². The molecule has 1 unspecified atom stereocenters. The Morgan fingerprint density at radius 3 is 2.41 bits per heavy atom. The number of unbranched alkanes of at least 4 members (excludes halogenated alkanes) is 2. The topological polar surface area (TPSA) is 293 Å². The number of benzene rings is 2. The van der Waals surface area contributed by atoms with Crippen molar-refractivity contribution in [3.05, 3.63) is 126 Å². The first kappa shape index (κ1) is 53.3. The lowest BCUT2D eigenvalue weighted by Gasteiger charge is -2.28. The number of urea groups is 1. The van der Waals surface area contributed by atoms with E-state index in [1.165, 1.54) is 18.5 Å². The molecule has 0 fully saturated rings. The number of nitrogens with two attached hydrogens (primary N) is 1. The van der Waals surface area contributed by atoms with Crippen LogP contribution in [0.1, 0.15) is 80.6 Å². The van der Waals surface area contributed by atoms with Crippen molar-refractivity contribution in [3.8, 4) is 22.6 Å². The number of ether oxygens (including phenoxy) is 1. The Morgan fingerprint density at radius 2 is 1.64 bits per heavy atom. The van der Waals surface area contributed by atoms with Gasteiger partial charge in [-0.1, -0.05) is 44.5 Å². The molecule has 2 aliphatic rings. The Hall–Kier alpha value is -8.95. The zero-order chi connectivity index (χ0) is 53.7. The van der Waals surface area contributed by atoms with Crippen LogP contribution in [0.15, 0.2) is 97.5 Å². The first-order valence-corrected chi connectivity index (χ1v) is 25.3. The number of hydrogen-bond acceptors (Lipinski definition) is 13. The Labute approximate surface area is 438 Å². The number of imidazole rings is 1. The largest absolute Gasteiger partial charge is 0.445 e. The fraction of sp³-hybridized carbons (Fsp3) is 0.352. The molecule has 22 heteroatoms. The molecule has 8 N–H and O–H groups in total. The fourth-order valence-corrected chi connectivity index (χ4v) is 8.91. The summed E-state index contributed by atoms with van der Waals surface area (Å²) in [6.07, 6.45) is 8.24. The third kappa shape index (κ3) is 14.0. The molecule has 2 aliphatic heterocycles. The maximum absolute atomic E-state index is 13.7. The second kappa shape index (κ2) is 24.9. The number of aryl methyl sites for hydroxylation is 1. The van der Waals surface area contributed by atoms with Crippen LogP contribution in [-0.4, -0.2) is 113 Å². The molecule has 0 spiro atoms. The standard InChI is InChI=1S/C54H62N14O8/c1-33(2)48(65-45(69)12-5-4-6-25-67-46(70)21-22-47(67)71)52(73)62-42(11-8-24-56-53(55)74)51(72)61-39-17-13-35(14-18-39)31-76-54(75)66-26-23-36-15-19-40(27-38(36)29-66)57-28-43-63-49(37-16-20-44-58-32-59-68(44)30-37)50(64-43)41-10-7-9-34(3)60-41/h7,9-10,13-22,27,30,32-33,42,48,57H,4-6,8,11-12,23-26,28-29,31H2,1-3H3,(H,61,72)(H,62,73)(H,63,64)(H,65,69)(H3,55,56,74)/t42-,48?/m0/s1. The van der Waals surface area contributed by atoms with Crippen LogP contribution in [0, 0.1) is 12.8 Å². The summed E-state index contributed by atoms with van der Waals surface area (Å²) in [5.41, 5.74) is 14.1. The van der Waals surface area contributed by atoms with Crippen LogP contribution in [0.25, 0.3) is 28.3 Å². The number of anilines is 2. The molecule has 2 atom stereocenters. The van der Waals surface area contributed by atoms with E-state index in [0.717, 1.165) is 50.0 Å². The van der Waals surface area contributed by atoms with Crippen LogP contribution in [0.3, 0.4) is 0 Å². The van der Waals surface area contributed by atoms with Gasteiger partial charge in [0.2, 0.25) is 17.7 Å². The maximum atomic E-state index is 13.7. The van der Waals surface area contributed by atoms with E-state index in [2.05, 4.69) is 47.7 Å². The maximum Gasteiger partial charge on any atom is 0.410 e. The second-order valence-electron chi connectivity index (χ2n) is 19.1. The molecule has 6 heterocycles. The first-order valence-electron chi connectivity index (χ1n) is 25.3. The third-order valence-corrected chi connectivity index (χ3v) is 13.0. The summed E-state index contributed by atoms with van der Waals surface area (Å²) >= 11 is 0. The first-order chi connectivity index (χ1) is 36.7. The second-order valence-corrected chi connectivity index (χ2v) is 19.1. The number of rotatable bonds is 23. The van der Waals surface area contributed by atoms with Gasteiger partial charge in [-0.25, -0.2) is 24.1 Å². The Bertz CT molecular complexity index is 3110. The van der Waals surface area contributed by atoms with E-state index in [4.69, 9.17) is 20.4 Å². The highest BCUT2D eigenvalue weighted by molar-refractivity contribution is 6.12. The number of carbonyl (C=O) groups excluding carboxylic acids is 7. The number of H-pyrrole nitrogens is 1. The SMILES string of the molecule is Cc1cccc(-c2nc(CNc3ccc4c(c3)CN(C(=O)OCc3ccc(NC(=O)[C@H](CCCNC(N)=O)NC(=O)C(NC(=O)CCCCCN5C(=O)C=CC5=O)C(C)C)cc3)CC4)[nH]c2-c2ccc3ncnn3c2)n1. The third-order valence-electron chi connectivity index (χ3n) is 13.0. The van der Waals surface area contributed by atoms with Crippen molar-refractivity contribution in [2.45, 2.75) is 97.5 Å². The van der Waals surface area contributed by atoms with E-state index < -0.39 is 36.0 Å². The number of amides is 8. The minimum absolute atomic E-state index is 0.0118. The summed E-state index contributed by atoms with van der Waals surface area (Å²) in [5, 5.41) is 18.7. The van der Waals surface area contributed by atoms with Gasteiger partial charge >= 0.3 is 12.1 Å². The quantitative estimate of drug-likeness (QED) is 0.0317. The molecule has 8 amide bonds. The van der Waals surface area contributed by atoms with Gasteiger partial charge in [-0.15, -0.1) is 0 Å². The number of hydrogen-bond donors (Lipinski definition) is 7. The van der Waals surface area contributed by atoms with Crippen molar-refractivity contribution < 1.29 is 38.3 Å². The van der Waals surface area contributed by atoms with Crippen molar-refractivity contribution in [1.82, 2.24) is 55.3 Å². The molecule has 0 aliphatic carbocycles. The van der Waals surface area contributed by atoms with E-state index in [1.54, 1.807) is 47.5 Å². The summed E-state index contributed by atoms with van der Waals surface area (Å²) in [6.45, 7) is 7.15. The Morgan fingerprint density at radius 1 is 0.855 bits per heavy atom.